The van der Waals surface area contributed by atoms with Gasteiger partial charge in [0, 0.05) is 25.8 Å². The number of aliphatic imine (C=N–C) groups is 2. The van der Waals surface area contributed by atoms with Gasteiger partial charge in [-0.2, -0.15) is 12.6 Å². The standard InChI is InChI=1S/C34H63N13O9S/c1-17(2)13-23(28(52)41-15-26(49)50)46-32(56)25(16-57)47-27(51)19(5)42-29(53)21(9-7-11-39-33(35)36)44-30(54)22(10-8-12-40-34(37)38)45-31(55)24(14-18(3)4)43-20(6)48/h17-19,21-25,57H,7-16H2,1-6H3,(H,41,52)(H,42,53)(H,43,48)(H,44,54)(H,45,55)(H,46,56)(H,47,51)(H,49,50)(H4,35,36,39)(H4,37,38,40)/t19-,21-,22-,23-,24-,25-/m0/s1. The summed E-state index contributed by atoms with van der Waals surface area (Å²) in [5, 5.41) is 26.5. The number of nitrogens with two attached hydrogens (primary N) is 4. The van der Waals surface area contributed by atoms with E-state index in [9.17, 15) is 38.4 Å². The number of aliphatic carboxylic acids is 1. The molecule has 0 saturated carbocycles. The number of carboxylic acids is 1. The molecule has 0 aromatic rings. The summed E-state index contributed by atoms with van der Waals surface area (Å²) in [6.45, 7) is 9.47. The second-order valence-electron chi connectivity index (χ2n) is 14.2. The first kappa shape index (κ1) is 51.6. The molecule has 0 saturated heterocycles. The number of carbonyl (C=O) groups excluding carboxylic acids is 7. The van der Waals surface area contributed by atoms with Gasteiger partial charge in [-0.05, 0) is 57.3 Å². The monoisotopic (exact) mass is 829 g/mol. The summed E-state index contributed by atoms with van der Waals surface area (Å²) in [5.41, 5.74) is 21.7. The maximum atomic E-state index is 13.7. The molecule has 0 spiro atoms. The summed E-state index contributed by atoms with van der Waals surface area (Å²) < 4.78 is 0. The van der Waals surface area contributed by atoms with Gasteiger partial charge in [0.2, 0.25) is 41.4 Å². The van der Waals surface area contributed by atoms with Crippen molar-refractivity contribution in [2.45, 2.75) is 116 Å². The van der Waals surface area contributed by atoms with Crippen LogP contribution in [0.15, 0.2) is 9.98 Å². The Bertz CT molecular complexity index is 1440. The Hall–Kier alpha value is -5.35. The molecule has 0 rings (SSSR count). The molecule has 0 aliphatic carbocycles. The zero-order valence-corrected chi connectivity index (χ0v) is 34.4. The van der Waals surface area contributed by atoms with Gasteiger partial charge in [-0.3, -0.25) is 48.3 Å². The van der Waals surface area contributed by atoms with Gasteiger partial charge in [0.1, 0.15) is 42.8 Å². The molecule has 0 aliphatic heterocycles. The fourth-order valence-electron chi connectivity index (χ4n) is 5.17. The van der Waals surface area contributed by atoms with Crippen molar-refractivity contribution in [1.29, 1.82) is 0 Å². The molecule has 0 aromatic heterocycles. The van der Waals surface area contributed by atoms with E-state index in [1.54, 1.807) is 13.8 Å². The topological polar surface area (TPSA) is 370 Å². The lowest BCUT2D eigenvalue weighted by molar-refractivity contribution is -0.138. The van der Waals surface area contributed by atoms with Crippen LogP contribution in [-0.2, 0) is 38.4 Å². The molecule has 0 bridgehead atoms. The van der Waals surface area contributed by atoms with Crippen molar-refractivity contribution < 1.29 is 43.5 Å². The summed E-state index contributed by atoms with van der Waals surface area (Å²) in [5.74, 6) is -6.84. The molecule has 23 heteroatoms. The zero-order chi connectivity index (χ0) is 43.8. The predicted octanol–water partition coefficient (Wildman–Crippen LogP) is -3.74. The molecule has 0 aromatic carbocycles. The van der Waals surface area contributed by atoms with Gasteiger partial charge in [-0.1, -0.05) is 27.7 Å². The smallest absolute Gasteiger partial charge is 0.322 e. The number of amides is 7. The first-order valence-electron chi connectivity index (χ1n) is 18.6. The van der Waals surface area contributed by atoms with Crippen LogP contribution in [0, 0.1) is 11.8 Å². The Labute approximate surface area is 338 Å². The van der Waals surface area contributed by atoms with E-state index in [1.165, 1.54) is 13.8 Å². The third-order valence-corrected chi connectivity index (χ3v) is 8.24. The average Bonchev–Trinajstić information content (AvgIpc) is 3.10. The second kappa shape index (κ2) is 27.3. The number of hydrogen-bond donors (Lipinski definition) is 13. The van der Waals surface area contributed by atoms with E-state index < -0.39 is 90.1 Å². The summed E-state index contributed by atoms with van der Waals surface area (Å²) in [6, 6.07) is -7.07. The van der Waals surface area contributed by atoms with E-state index in [2.05, 4.69) is 59.8 Å². The highest BCUT2D eigenvalue weighted by Gasteiger charge is 2.32. The molecule has 0 radical (unpaired) electrons. The Morgan fingerprint density at radius 2 is 0.947 bits per heavy atom. The van der Waals surface area contributed by atoms with Crippen molar-refractivity contribution in [1.82, 2.24) is 37.2 Å². The van der Waals surface area contributed by atoms with E-state index in [-0.39, 0.29) is 81.1 Å². The Morgan fingerprint density at radius 3 is 1.35 bits per heavy atom. The van der Waals surface area contributed by atoms with Crippen molar-refractivity contribution in [2.24, 2.45) is 44.8 Å². The van der Waals surface area contributed by atoms with E-state index in [0.717, 1.165) is 0 Å². The van der Waals surface area contributed by atoms with E-state index >= 15 is 0 Å². The minimum absolute atomic E-state index is 0.00961. The third kappa shape index (κ3) is 23.4. The fourth-order valence-corrected chi connectivity index (χ4v) is 5.43. The largest absolute Gasteiger partial charge is 0.480 e. The maximum Gasteiger partial charge on any atom is 0.322 e. The Balaban J connectivity index is 6.14. The lowest BCUT2D eigenvalue weighted by atomic mass is 10.0. The molecule has 22 nitrogen and oxygen atoms in total. The van der Waals surface area contributed by atoms with Crippen molar-refractivity contribution in [3.63, 3.8) is 0 Å². The van der Waals surface area contributed by atoms with Crippen LogP contribution in [0.3, 0.4) is 0 Å². The quantitative estimate of drug-likeness (QED) is 0.0164. The number of carbonyl (C=O) groups is 8. The number of thiol groups is 1. The predicted molar refractivity (Wildman–Crippen MR) is 216 cm³/mol. The number of carboxylic acid groups (broad SMARTS) is 1. The highest BCUT2D eigenvalue weighted by molar-refractivity contribution is 7.80. The lowest BCUT2D eigenvalue weighted by Gasteiger charge is -2.27. The van der Waals surface area contributed by atoms with Crippen molar-refractivity contribution >= 4 is 71.9 Å². The molecular weight excluding hydrogens is 767 g/mol. The number of nitrogens with zero attached hydrogens (tertiary/aromatic N) is 2. The molecule has 57 heavy (non-hydrogen) atoms. The highest BCUT2D eigenvalue weighted by Crippen LogP contribution is 2.09. The van der Waals surface area contributed by atoms with E-state index in [1.807, 2.05) is 13.8 Å². The van der Waals surface area contributed by atoms with Gasteiger partial charge in [0.25, 0.3) is 0 Å². The van der Waals surface area contributed by atoms with Crippen LogP contribution in [0.2, 0.25) is 0 Å². The van der Waals surface area contributed by atoms with Crippen LogP contribution in [0.4, 0.5) is 0 Å². The normalized spacial score (nSPS) is 14.0. The molecule has 7 amide bonds. The van der Waals surface area contributed by atoms with E-state index in [0.29, 0.717) is 0 Å². The van der Waals surface area contributed by atoms with E-state index in [4.69, 9.17) is 28.0 Å². The number of nitrogens with one attached hydrogen (secondary N) is 7. The molecule has 0 fully saturated rings. The molecule has 0 aliphatic rings. The van der Waals surface area contributed by atoms with Crippen molar-refractivity contribution in [3.8, 4) is 0 Å². The highest BCUT2D eigenvalue weighted by atomic mass is 32.1. The van der Waals surface area contributed by atoms with Crippen LogP contribution in [0.5, 0.6) is 0 Å². The Kier molecular flexibility index (Phi) is 24.7. The summed E-state index contributed by atoms with van der Waals surface area (Å²) in [7, 11) is 0. The second-order valence-corrected chi connectivity index (χ2v) is 14.5. The van der Waals surface area contributed by atoms with Gasteiger partial charge in [0.05, 0.1) is 0 Å². The van der Waals surface area contributed by atoms with Gasteiger partial charge >= 0.3 is 5.97 Å². The number of hydrogen-bond acceptors (Lipinski definition) is 11. The molecule has 0 heterocycles. The third-order valence-electron chi connectivity index (χ3n) is 7.88. The zero-order valence-electron chi connectivity index (χ0n) is 33.6. The lowest BCUT2D eigenvalue weighted by Crippen LogP contribution is -2.59. The van der Waals surface area contributed by atoms with Gasteiger partial charge in [-0.25, -0.2) is 0 Å². The van der Waals surface area contributed by atoms with Crippen LogP contribution in [-0.4, -0.2) is 126 Å². The number of guanidine groups is 2. The minimum Gasteiger partial charge on any atom is -0.480 e. The van der Waals surface area contributed by atoms with Crippen molar-refractivity contribution in [2.75, 3.05) is 25.4 Å². The average molecular weight is 830 g/mol. The van der Waals surface area contributed by atoms with Gasteiger partial charge in [0.15, 0.2) is 11.9 Å². The van der Waals surface area contributed by atoms with Crippen molar-refractivity contribution in [3.05, 3.63) is 0 Å². The molecule has 0 unspecified atom stereocenters. The van der Waals surface area contributed by atoms with Crippen LogP contribution in [0.1, 0.15) is 80.1 Å². The van der Waals surface area contributed by atoms with Crippen LogP contribution in [0.25, 0.3) is 0 Å². The van der Waals surface area contributed by atoms with Crippen LogP contribution < -0.4 is 60.2 Å². The fraction of sp³-hybridized carbons (Fsp3) is 0.706. The molecular formula is C34H63N13O9S. The first-order valence-corrected chi connectivity index (χ1v) is 19.2. The summed E-state index contributed by atoms with van der Waals surface area (Å²) in [6.07, 6.45) is 0.923. The van der Waals surface area contributed by atoms with Crippen LogP contribution >= 0.6 is 12.6 Å². The first-order chi connectivity index (χ1) is 26.6. The molecule has 16 N–H and O–H groups in total. The Morgan fingerprint density at radius 1 is 0.561 bits per heavy atom. The molecule has 324 valence electrons. The summed E-state index contributed by atoms with van der Waals surface area (Å²) >= 11 is 4.15. The van der Waals surface area contributed by atoms with Gasteiger partial charge in [-0.15, -0.1) is 0 Å². The SMILES string of the molecule is CC(=O)N[C@@H](CC(C)C)C(=O)N[C@@H](CCCN=C(N)N)C(=O)N[C@@H](CCCN=C(N)N)C(=O)N[C@@H](C)C(=O)N[C@@H](CS)C(=O)N[C@@H](CC(C)C)C(=O)NCC(=O)O. The van der Waals surface area contributed by atoms with Gasteiger partial charge < -0.3 is 65.3 Å². The molecule has 6 atom stereocenters. The number of rotatable bonds is 27. The maximum absolute atomic E-state index is 13.7. The summed E-state index contributed by atoms with van der Waals surface area (Å²) in [4.78, 5) is 110. The minimum atomic E-state index is -1.27.